The maximum Gasteiger partial charge on any atom is 0.227 e. The first-order valence-corrected chi connectivity index (χ1v) is 7.78. The average molecular weight is 310 g/mol. The second-order valence-corrected chi connectivity index (χ2v) is 6.38. The third-order valence-electron chi connectivity index (χ3n) is 4.58. The molecular formula is C16H20ClNO3. The standard InChI is InChI=1S/C16H20ClNO3/c1-21-15-5-2-11(17)6-10(15)7-16(20)18-12-3-4-13(18)9-14(19)8-12/h2,5-6,12-14,19H,3-4,7-9H2,1H3. The van der Waals surface area contributed by atoms with Crippen LogP contribution in [0.3, 0.4) is 0 Å². The summed E-state index contributed by atoms with van der Waals surface area (Å²) in [6, 6.07) is 5.72. The molecule has 2 aliphatic heterocycles. The van der Waals surface area contributed by atoms with E-state index in [1.165, 1.54) is 0 Å². The van der Waals surface area contributed by atoms with E-state index in [9.17, 15) is 9.90 Å². The van der Waals surface area contributed by atoms with Gasteiger partial charge in [-0.3, -0.25) is 4.79 Å². The van der Waals surface area contributed by atoms with Gasteiger partial charge in [-0.1, -0.05) is 11.6 Å². The number of aliphatic hydroxyl groups excluding tert-OH is 1. The largest absolute Gasteiger partial charge is 0.496 e. The van der Waals surface area contributed by atoms with Crippen LogP contribution in [0, 0.1) is 0 Å². The van der Waals surface area contributed by atoms with E-state index in [2.05, 4.69) is 0 Å². The van der Waals surface area contributed by atoms with Crippen LogP contribution in [0.1, 0.15) is 31.2 Å². The molecule has 2 heterocycles. The van der Waals surface area contributed by atoms with Crippen molar-refractivity contribution in [1.82, 2.24) is 4.90 Å². The lowest BCUT2D eigenvalue weighted by atomic mass is 9.98. The van der Waals surface area contributed by atoms with Gasteiger partial charge in [-0.05, 0) is 43.9 Å². The molecule has 0 aliphatic carbocycles. The summed E-state index contributed by atoms with van der Waals surface area (Å²) in [5, 5.41) is 10.4. The minimum atomic E-state index is -0.257. The SMILES string of the molecule is COc1ccc(Cl)cc1CC(=O)N1C2CCC1CC(O)C2. The lowest BCUT2D eigenvalue weighted by molar-refractivity contribution is -0.136. The number of halogens is 1. The average Bonchev–Trinajstić information content (AvgIpc) is 2.71. The normalized spacial score (nSPS) is 27.8. The minimum Gasteiger partial charge on any atom is -0.496 e. The number of fused-ring (bicyclic) bond motifs is 2. The van der Waals surface area contributed by atoms with Crippen LogP contribution in [-0.4, -0.2) is 41.2 Å². The second-order valence-electron chi connectivity index (χ2n) is 5.94. The van der Waals surface area contributed by atoms with E-state index in [-0.39, 0.29) is 24.1 Å². The zero-order valence-electron chi connectivity index (χ0n) is 12.1. The van der Waals surface area contributed by atoms with Crippen LogP contribution in [0.2, 0.25) is 5.02 Å². The fourth-order valence-corrected chi connectivity index (χ4v) is 3.89. The van der Waals surface area contributed by atoms with Crippen molar-refractivity contribution in [3.8, 4) is 5.75 Å². The maximum absolute atomic E-state index is 12.7. The molecule has 0 saturated carbocycles. The molecule has 2 aliphatic rings. The van der Waals surface area contributed by atoms with Crippen molar-refractivity contribution in [2.24, 2.45) is 0 Å². The fourth-order valence-electron chi connectivity index (χ4n) is 3.70. The van der Waals surface area contributed by atoms with Gasteiger partial charge in [0.2, 0.25) is 5.91 Å². The quantitative estimate of drug-likeness (QED) is 0.933. The highest BCUT2D eigenvalue weighted by Gasteiger charge is 2.42. The van der Waals surface area contributed by atoms with E-state index in [1.807, 2.05) is 4.90 Å². The first-order valence-electron chi connectivity index (χ1n) is 7.40. The summed E-state index contributed by atoms with van der Waals surface area (Å²) < 4.78 is 5.31. The van der Waals surface area contributed by atoms with Crippen molar-refractivity contribution in [3.63, 3.8) is 0 Å². The topological polar surface area (TPSA) is 49.8 Å². The molecule has 1 aromatic carbocycles. The van der Waals surface area contributed by atoms with Crippen molar-refractivity contribution >= 4 is 17.5 Å². The zero-order chi connectivity index (χ0) is 15.0. The van der Waals surface area contributed by atoms with Crippen molar-refractivity contribution in [2.45, 2.75) is 50.3 Å². The van der Waals surface area contributed by atoms with Gasteiger partial charge >= 0.3 is 0 Å². The number of ether oxygens (including phenoxy) is 1. The van der Waals surface area contributed by atoms with Gasteiger partial charge in [0.15, 0.2) is 0 Å². The number of aliphatic hydroxyl groups is 1. The third kappa shape index (κ3) is 2.87. The van der Waals surface area contributed by atoms with Crippen molar-refractivity contribution < 1.29 is 14.6 Å². The van der Waals surface area contributed by atoms with E-state index in [0.717, 1.165) is 18.4 Å². The van der Waals surface area contributed by atoms with Crippen LogP contribution in [-0.2, 0) is 11.2 Å². The van der Waals surface area contributed by atoms with Crippen LogP contribution in [0.15, 0.2) is 18.2 Å². The third-order valence-corrected chi connectivity index (χ3v) is 4.82. The van der Waals surface area contributed by atoms with Gasteiger partial charge in [0, 0.05) is 22.7 Å². The molecule has 4 nitrogen and oxygen atoms in total. The van der Waals surface area contributed by atoms with E-state index in [4.69, 9.17) is 16.3 Å². The van der Waals surface area contributed by atoms with Gasteiger partial charge in [0.05, 0.1) is 19.6 Å². The van der Waals surface area contributed by atoms with E-state index in [0.29, 0.717) is 30.0 Å². The van der Waals surface area contributed by atoms with E-state index >= 15 is 0 Å². The molecule has 114 valence electrons. The molecule has 3 rings (SSSR count). The Morgan fingerprint density at radius 1 is 1.38 bits per heavy atom. The van der Waals surface area contributed by atoms with E-state index < -0.39 is 0 Å². The summed E-state index contributed by atoms with van der Waals surface area (Å²) in [5.74, 6) is 0.798. The number of hydrogen-bond donors (Lipinski definition) is 1. The number of methoxy groups -OCH3 is 1. The molecule has 1 amide bonds. The lowest BCUT2D eigenvalue weighted by Gasteiger charge is -2.37. The number of benzene rings is 1. The maximum atomic E-state index is 12.7. The fraction of sp³-hybridized carbons (Fsp3) is 0.562. The van der Waals surface area contributed by atoms with Gasteiger partial charge < -0.3 is 14.7 Å². The van der Waals surface area contributed by atoms with Crippen LogP contribution < -0.4 is 4.74 Å². The Morgan fingerprint density at radius 3 is 2.67 bits per heavy atom. The zero-order valence-corrected chi connectivity index (χ0v) is 12.8. The summed E-state index contributed by atoms with van der Waals surface area (Å²) in [6.45, 7) is 0. The Morgan fingerprint density at radius 2 is 2.05 bits per heavy atom. The molecular weight excluding hydrogens is 290 g/mol. The number of rotatable bonds is 3. The van der Waals surface area contributed by atoms with Crippen LogP contribution in [0.4, 0.5) is 0 Å². The Hall–Kier alpha value is -1.26. The predicted octanol–water partition coefficient (Wildman–Crippen LogP) is 2.41. The Labute approximate surface area is 129 Å². The minimum absolute atomic E-state index is 0.106. The molecule has 2 unspecified atom stereocenters. The highest BCUT2D eigenvalue weighted by Crippen LogP contribution is 2.36. The number of amides is 1. The van der Waals surface area contributed by atoms with Crippen molar-refractivity contribution in [3.05, 3.63) is 28.8 Å². The monoisotopic (exact) mass is 309 g/mol. The molecule has 2 saturated heterocycles. The Bertz CT molecular complexity index is 534. The highest BCUT2D eigenvalue weighted by atomic mass is 35.5. The van der Waals surface area contributed by atoms with Crippen LogP contribution in [0.5, 0.6) is 5.75 Å². The first kappa shape index (κ1) is 14.7. The van der Waals surface area contributed by atoms with Gasteiger partial charge in [-0.25, -0.2) is 0 Å². The number of piperidine rings is 1. The molecule has 1 aromatic rings. The smallest absolute Gasteiger partial charge is 0.227 e. The summed E-state index contributed by atoms with van der Waals surface area (Å²) in [4.78, 5) is 14.6. The molecule has 0 radical (unpaired) electrons. The van der Waals surface area contributed by atoms with E-state index in [1.54, 1.807) is 25.3 Å². The molecule has 21 heavy (non-hydrogen) atoms. The number of hydrogen-bond acceptors (Lipinski definition) is 3. The van der Waals surface area contributed by atoms with Crippen molar-refractivity contribution in [2.75, 3.05) is 7.11 Å². The lowest BCUT2D eigenvalue weighted by Crippen LogP contribution is -2.48. The second kappa shape index (κ2) is 5.85. The predicted molar refractivity (Wildman–Crippen MR) is 80.6 cm³/mol. The van der Waals surface area contributed by atoms with Gasteiger partial charge in [-0.2, -0.15) is 0 Å². The summed E-state index contributed by atoms with van der Waals surface area (Å²) in [6.07, 6.45) is 3.45. The van der Waals surface area contributed by atoms with Crippen LogP contribution in [0.25, 0.3) is 0 Å². The molecule has 2 bridgehead atoms. The molecule has 0 aromatic heterocycles. The summed E-state index contributed by atoms with van der Waals surface area (Å²) in [7, 11) is 1.60. The first-order chi connectivity index (χ1) is 10.1. The van der Waals surface area contributed by atoms with Gasteiger partial charge in [0.25, 0.3) is 0 Å². The van der Waals surface area contributed by atoms with Crippen LogP contribution >= 0.6 is 11.6 Å². The van der Waals surface area contributed by atoms with Gasteiger partial charge in [0.1, 0.15) is 5.75 Å². The molecule has 0 spiro atoms. The number of nitrogens with zero attached hydrogens (tertiary/aromatic N) is 1. The van der Waals surface area contributed by atoms with Crippen molar-refractivity contribution in [1.29, 1.82) is 0 Å². The summed E-state index contributed by atoms with van der Waals surface area (Å²) in [5.41, 5.74) is 0.820. The molecule has 2 fully saturated rings. The Kier molecular flexibility index (Phi) is 4.09. The molecule has 2 atom stereocenters. The molecule has 5 heteroatoms. The summed E-state index contributed by atoms with van der Waals surface area (Å²) >= 11 is 6.02. The van der Waals surface area contributed by atoms with Gasteiger partial charge in [-0.15, -0.1) is 0 Å². The highest BCUT2D eigenvalue weighted by molar-refractivity contribution is 6.30. The Balaban J connectivity index is 1.77. The molecule has 1 N–H and O–H groups in total. The number of carbonyl (C=O) groups is 1. The number of carbonyl (C=O) groups excluding carboxylic acids is 1.